The molecule has 1 aromatic carbocycles. The number of piperidine rings is 1. The highest BCUT2D eigenvalue weighted by Crippen LogP contribution is 2.30. The van der Waals surface area contributed by atoms with Crippen LogP contribution in [0, 0.1) is 6.92 Å². The smallest absolute Gasteiger partial charge is 0.335 e. The molecule has 2 N–H and O–H groups in total. The molecule has 116 valence electrons. The number of amides is 1. The normalized spacial score (nSPS) is 17.6. The molecule has 1 fully saturated rings. The quantitative estimate of drug-likeness (QED) is 0.890. The van der Waals surface area contributed by atoms with Gasteiger partial charge >= 0.3 is 5.97 Å². The SMILES string of the molecule is Cc1ccc2c(C(=O)N3CCC(O)(C(=O)O)CC3)csc2c1. The van der Waals surface area contributed by atoms with Gasteiger partial charge in [-0.05, 0) is 18.6 Å². The van der Waals surface area contributed by atoms with Crippen molar-refractivity contribution in [2.75, 3.05) is 13.1 Å². The minimum Gasteiger partial charge on any atom is -0.479 e. The van der Waals surface area contributed by atoms with Crippen LogP contribution in [0.3, 0.4) is 0 Å². The average molecular weight is 319 g/mol. The van der Waals surface area contributed by atoms with E-state index in [1.165, 1.54) is 11.3 Å². The van der Waals surface area contributed by atoms with Gasteiger partial charge in [-0.2, -0.15) is 0 Å². The number of fused-ring (bicyclic) bond motifs is 1. The lowest BCUT2D eigenvalue weighted by molar-refractivity contribution is -0.162. The van der Waals surface area contributed by atoms with Crippen LogP contribution in [-0.4, -0.2) is 45.7 Å². The number of carboxylic acids is 1. The maximum atomic E-state index is 12.6. The molecule has 1 amide bonds. The number of carboxylic acid groups (broad SMARTS) is 1. The Hall–Kier alpha value is -1.92. The van der Waals surface area contributed by atoms with Crippen molar-refractivity contribution in [1.82, 2.24) is 4.90 Å². The van der Waals surface area contributed by atoms with E-state index in [1.807, 2.05) is 24.4 Å². The number of likely N-dealkylation sites (tertiary alicyclic amines) is 1. The van der Waals surface area contributed by atoms with E-state index in [-0.39, 0.29) is 31.8 Å². The van der Waals surface area contributed by atoms with E-state index in [2.05, 4.69) is 6.07 Å². The van der Waals surface area contributed by atoms with Crippen LogP contribution in [0.4, 0.5) is 0 Å². The van der Waals surface area contributed by atoms with Crippen LogP contribution in [0.5, 0.6) is 0 Å². The Kier molecular flexibility index (Phi) is 3.66. The number of benzene rings is 1. The minimum atomic E-state index is -1.70. The van der Waals surface area contributed by atoms with Crippen molar-refractivity contribution >= 4 is 33.3 Å². The first-order valence-corrected chi connectivity index (χ1v) is 8.01. The number of hydrogen-bond donors (Lipinski definition) is 2. The lowest BCUT2D eigenvalue weighted by Crippen LogP contribution is -2.50. The van der Waals surface area contributed by atoms with Gasteiger partial charge < -0.3 is 15.1 Å². The minimum absolute atomic E-state index is 0.0647. The number of carbonyl (C=O) groups is 2. The molecule has 0 atom stereocenters. The zero-order valence-electron chi connectivity index (χ0n) is 12.2. The van der Waals surface area contributed by atoms with Crippen molar-refractivity contribution in [2.45, 2.75) is 25.4 Å². The molecule has 1 aromatic heterocycles. The predicted octanol–water partition coefficient (Wildman–Crippen LogP) is 2.26. The third-order valence-corrected chi connectivity index (χ3v) is 5.18. The van der Waals surface area contributed by atoms with E-state index in [0.717, 1.165) is 15.6 Å². The summed E-state index contributed by atoms with van der Waals surface area (Å²) in [6.45, 7) is 2.52. The molecule has 3 rings (SSSR count). The molecule has 2 aromatic rings. The molecule has 0 aliphatic carbocycles. The van der Waals surface area contributed by atoms with Crippen molar-refractivity contribution in [2.24, 2.45) is 0 Å². The van der Waals surface area contributed by atoms with E-state index in [4.69, 9.17) is 5.11 Å². The first-order chi connectivity index (χ1) is 10.4. The molecule has 22 heavy (non-hydrogen) atoms. The summed E-state index contributed by atoms with van der Waals surface area (Å²) in [5.74, 6) is -1.31. The fraction of sp³-hybridized carbons (Fsp3) is 0.375. The van der Waals surface area contributed by atoms with Crippen molar-refractivity contribution in [1.29, 1.82) is 0 Å². The molecule has 6 heteroatoms. The number of aryl methyl sites for hydroxylation is 1. The van der Waals surface area contributed by atoms with Crippen LogP contribution in [0.25, 0.3) is 10.1 Å². The highest BCUT2D eigenvalue weighted by Gasteiger charge is 2.40. The summed E-state index contributed by atoms with van der Waals surface area (Å²) in [6, 6.07) is 5.98. The first kappa shape index (κ1) is 15.0. The molecule has 0 bridgehead atoms. The van der Waals surface area contributed by atoms with Gasteiger partial charge in [0.2, 0.25) is 0 Å². The largest absolute Gasteiger partial charge is 0.479 e. The molecule has 2 heterocycles. The fourth-order valence-electron chi connectivity index (χ4n) is 2.77. The molecule has 0 unspecified atom stereocenters. The zero-order valence-corrected chi connectivity index (χ0v) is 13.0. The van der Waals surface area contributed by atoms with Crippen molar-refractivity contribution in [3.05, 3.63) is 34.7 Å². The highest BCUT2D eigenvalue weighted by molar-refractivity contribution is 7.17. The van der Waals surface area contributed by atoms with Gasteiger partial charge in [0.25, 0.3) is 5.91 Å². The zero-order chi connectivity index (χ0) is 15.9. The lowest BCUT2D eigenvalue weighted by Gasteiger charge is -2.35. The Morgan fingerprint density at radius 3 is 2.59 bits per heavy atom. The summed E-state index contributed by atoms with van der Waals surface area (Å²) < 4.78 is 1.07. The van der Waals surface area contributed by atoms with Gasteiger partial charge in [0, 0.05) is 41.4 Å². The van der Waals surface area contributed by atoms with Crippen LogP contribution < -0.4 is 0 Å². The number of aliphatic hydroxyl groups is 1. The fourth-order valence-corrected chi connectivity index (χ4v) is 3.80. The summed E-state index contributed by atoms with van der Waals surface area (Å²) in [7, 11) is 0. The van der Waals surface area contributed by atoms with Gasteiger partial charge in [0.05, 0.1) is 5.56 Å². The highest BCUT2D eigenvalue weighted by atomic mass is 32.1. The van der Waals surface area contributed by atoms with Gasteiger partial charge in [-0.25, -0.2) is 4.79 Å². The predicted molar refractivity (Wildman–Crippen MR) is 84.3 cm³/mol. The van der Waals surface area contributed by atoms with Crippen LogP contribution in [-0.2, 0) is 4.79 Å². The number of carbonyl (C=O) groups excluding carboxylic acids is 1. The Morgan fingerprint density at radius 2 is 1.95 bits per heavy atom. The molecule has 5 nitrogen and oxygen atoms in total. The van der Waals surface area contributed by atoms with Crippen LogP contribution in [0.15, 0.2) is 23.6 Å². The van der Waals surface area contributed by atoms with Crippen molar-refractivity contribution in [3.8, 4) is 0 Å². The Morgan fingerprint density at radius 1 is 1.27 bits per heavy atom. The van der Waals surface area contributed by atoms with Crippen LogP contribution in [0.1, 0.15) is 28.8 Å². The summed E-state index contributed by atoms with van der Waals surface area (Å²) in [5.41, 5.74) is 0.101. The van der Waals surface area contributed by atoms with Crippen molar-refractivity contribution < 1.29 is 19.8 Å². The third kappa shape index (κ3) is 2.48. The summed E-state index contributed by atoms with van der Waals surface area (Å²) >= 11 is 1.53. The molecular formula is C16H17NO4S. The molecule has 1 aliphatic heterocycles. The van der Waals surface area contributed by atoms with E-state index in [0.29, 0.717) is 5.56 Å². The van der Waals surface area contributed by atoms with E-state index < -0.39 is 11.6 Å². The molecule has 0 saturated carbocycles. The number of thiophene rings is 1. The topological polar surface area (TPSA) is 77.8 Å². The molecule has 0 spiro atoms. The maximum absolute atomic E-state index is 12.6. The van der Waals surface area contributed by atoms with E-state index in [1.54, 1.807) is 4.90 Å². The van der Waals surface area contributed by atoms with E-state index in [9.17, 15) is 14.7 Å². The molecule has 1 aliphatic rings. The first-order valence-electron chi connectivity index (χ1n) is 7.14. The van der Waals surface area contributed by atoms with Crippen LogP contribution in [0.2, 0.25) is 0 Å². The number of hydrogen-bond acceptors (Lipinski definition) is 4. The number of nitrogens with zero attached hydrogens (tertiary/aromatic N) is 1. The summed E-state index contributed by atoms with van der Waals surface area (Å²) in [6.07, 6.45) is 0.129. The Balaban J connectivity index is 1.81. The second-order valence-corrected chi connectivity index (χ2v) is 6.69. The number of rotatable bonds is 2. The standard InChI is InChI=1S/C16H17NO4S/c1-10-2-3-11-12(9-22-13(11)8-10)14(18)17-6-4-16(21,5-7-17)15(19)20/h2-3,8-9,21H,4-7H2,1H3,(H,19,20). The third-order valence-electron chi connectivity index (χ3n) is 4.24. The molecule has 1 saturated heterocycles. The second kappa shape index (κ2) is 5.37. The van der Waals surface area contributed by atoms with Crippen molar-refractivity contribution in [3.63, 3.8) is 0 Å². The lowest BCUT2D eigenvalue weighted by atomic mass is 9.91. The van der Waals surface area contributed by atoms with E-state index >= 15 is 0 Å². The van der Waals surface area contributed by atoms with Gasteiger partial charge in [-0.15, -0.1) is 11.3 Å². The van der Waals surface area contributed by atoms with Gasteiger partial charge in [0.15, 0.2) is 5.60 Å². The van der Waals surface area contributed by atoms with Gasteiger partial charge in [-0.1, -0.05) is 12.1 Å². The Labute approximate surface area is 131 Å². The summed E-state index contributed by atoms with van der Waals surface area (Å²) in [4.78, 5) is 25.3. The molecular weight excluding hydrogens is 302 g/mol. The summed E-state index contributed by atoms with van der Waals surface area (Å²) in [5, 5.41) is 21.7. The molecule has 0 radical (unpaired) electrons. The Bertz CT molecular complexity index is 744. The van der Waals surface area contributed by atoms with Crippen LogP contribution >= 0.6 is 11.3 Å². The average Bonchev–Trinajstić information content (AvgIpc) is 2.90. The number of aliphatic carboxylic acids is 1. The maximum Gasteiger partial charge on any atom is 0.335 e. The second-order valence-electron chi connectivity index (χ2n) is 5.78. The van der Waals surface area contributed by atoms with Gasteiger partial charge in [0.1, 0.15) is 0 Å². The monoisotopic (exact) mass is 319 g/mol. The van der Waals surface area contributed by atoms with Gasteiger partial charge in [-0.3, -0.25) is 4.79 Å².